The molecule has 0 amide bonds. The molecule has 5 N–H and O–H groups in total. The van der Waals surface area contributed by atoms with Crippen molar-refractivity contribution in [1.82, 2.24) is 10.4 Å². The second-order valence-electron chi connectivity index (χ2n) is 5.87. The third kappa shape index (κ3) is 3.40. The Morgan fingerprint density at radius 2 is 2.00 bits per heavy atom. The van der Waals surface area contributed by atoms with E-state index in [1.54, 1.807) is 0 Å². The zero-order chi connectivity index (χ0) is 15.7. The smallest absolute Gasteiger partial charge is 0.206 e. The van der Waals surface area contributed by atoms with Crippen LogP contribution in [0.15, 0.2) is 35.6 Å². The summed E-state index contributed by atoms with van der Waals surface area (Å²) in [6, 6.07) is 8.49. The maximum Gasteiger partial charge on any atom is 0.206 e. The van der Waals surface area contributed by atoms with Crippen LogP contribution in [0.1, 0.15) is 40.3 Å². The minimum Gasteiger partial charge on any atom is -0.369 e. The van der Waals surface area contributed by atoms with E-state index in [1.165, 1.54) is 27.9 Å². The molecule has 1 unspecified atom stereocenters. The van der Waals surface area contributed by atoms with Gasteiger partial charge in [0.25, 0.3) is 0 Å². The van der Waals surface area contributed by atoms with Gasteiger partial charge in [0.05, 0.1) is 5.71 Å². The van der Waals surface area contributed by atoms with E-state index in [1.807, 2.05) is 6.20 Å². The number of hydrazone groups is 1. The molecule has 0 radical (unpaired) electrons. The van der Waals surface area contributed by atoms with E-state index in [4.69, 9.17) is 11.1 Å². The van der Waals surface area contributed by atoms with Gasteiger partial charge in [-0.3, -0.25) is 5.41 Å². The molecule has 6 heteroatoms. The average molecular weight is 332 g/mol. The molecule has 0 aliphatic heterocycles. The van der Waals surface area contributed by atoms with E-state index >= 15 is 0 Å². The number of halogens is 1. The minimum absolute atomic E-state index is 0. The van der Waals surface area contributed by atoms with Gasteiger partial charge in [0.1, 0.15) is 0 Å². The van der Waals surface area contributed by atoms with Crippen molar-refractivity contribution < 1.29 is 0 Å². The number of nitrogens with two attached hydrogens (primary N) is 1. The van der Waals surface area contributed by atoms with Gasteiger partial charge >= 0.3 is 0 Å². The molecular weight excluding hydrogens is 310 g/mol. The molecule has 1 heterocycles. The Hall–Kier alpha value is -2.27. The van der Waals surface area contributed by atoms with Crippen molar-refractivity contribution in [3.05, 3.63) is 58.4 Å². The van der Waals surface area contributed by atoms with Gasteiger partial charge < -0.3 is 10.7 Å². The highest BCUT2D eigenvalue weighted by molar-refractivity contribution is 6.04. The molecule has 0 bridgehead atoms. The molecule has 1 aliphatic carbocycles. The van der Waals surface area contributed by atoms with E-state index in [-0.39, 0.29) is 18.4 Å². The van der Waals surface area contributed by atoms with Crippen LogP contribution in [-0.2, 0) is 6.42 Å². The van der Waals surface area contributed by atoms with Crippen molar-refractivity contribution in [3.63, 3.8) is 0 Å². The lowest BCUT2D eigenvalue weighted by molar-refractivity contribution is 0.677. The van der Waals surface area contributed by atoms with Crippen LogP contribution in [-0.4, -0.2) is 16.7 Å². The van der Waals surface area contributed by atoms with E-state index in [2.05, 4.69) is 53.6 Å². The molecule has 23 heavy (non-hydrogen) atoms. The molecule has 0 saturated carbocycles. The molecule has 5 nitrogen and oxygen atoms in total. The number of aromatic amines is 1. The Kier molecular flexibility index (Phi) is 5.11. The Morgan fingerprint density at radius 1 is 1.26 bits per heavy atom. The number of rotatable bonds is 2. The topological polar surface area (TPSA) is 90.1 Å². The van der Waals surface area contributed by atoms with Crippen molar-refractivity contribution in [3.8, 4) is 0 Å². The Labute approximate surface area is 142 Å². The summed E-state index contributed by atoms with van der Waals surface area (Å²) in [6.45, 7) is 4.22. The lowest BCUT2D eigenvalue weighted by Crippen LogP contribution is -2.29. The van der Waals surface area contributed by atoms with Crippen molar-refractivity contribution >= 4 is 24.1 Å². The second kappa shape index (κ2) is 6.87. The molecule has 0 fully saturated rings. The van der Waals surface area contributed by atoms with Gasteiger partial charge in [-0.05, 0) is 49.3 Å². The summed E-state index contributed by atoms with van der Waals surface area (Å²) in [5.41, 5.74) is 15.1. The predicted molar refractivity (Wildman–Crippen MR) is 96.6 cm³/mol. The van der Waals surface area contributed by atoms with Crippen LogP contribution in [0.3, 0.4) is 0 Å². The molecule has 1 aromatic heterocycles. The summed E-state index contributed by atoms with van der Waals surface area (Å²) in [7, 11) is 0. The first kappa shape index (κ1) is 17.1. The highest BCUT2D eigenvalue weighted by Crippen LogP contribution is 2.35. The average Bonchev–Trinajstić information content (AvgIpc) is 2.87. The van der Waals surface area contributed by atoms with Crippen molar-refractivity contribution in [2.75, 3.05) is 0 Å². The molecule has 1 atom stereocenters. The lowest BCUT2D eigenvalue weighted by Gasteiger charge is -2.26. The summed E-state index contributed by atoms with van der Waals surface area (Å²) < 4.78 is 0. The van der Waals surface area contributed by atoms with Gasteiger partial charge in [-0.1, -0.05) is 24.3 Å². The number of guanidine groups is 1. The van der Waals surface area contributed by atoms with Crippen LogP contribution in [0, 0.1) is 19.3 Å². The van der Waals surface area contributed by atoms with Crippen molar-refractivity contribution in [2.45, 2.75) is 32.6 Å². The summed E-state index contributed by atoms with van der Waals surface area (Å²) in [4.78, 5) is 3.37. The minimum atomic E-state index is -0.139. The summed E-state index contributed by atoms with van der Waals surface area (Å²) >= 11 is 0. The number of benzene rings is 1. The summed E-state index contributed by atoms with van der Waals surface area (Å²) in [5.74, 6) is 0.250. The quantitative estimate of drug-likeness (QED) is 0.387. The second-order valence-corrected chi connectivity index (χ2v) is 5.87. The van der Waals surface area contributed by atoms with Crippen LogP contribution in [0.25, 0.3) is 0 Å². The highest BCUT2D eigenvalue weighted by Gasteiger charge is 2.28. The van der Waals surface area contributed by atoms with Gasteiger partial charge in [0.2, 0.25) is 5.96 Å². The van der Waals surface area contributed by atoms with Gasteiger partial charge in [0, 0.05) is 17.5 Å². The molecule has 1 aromatic carbocycles. The van der Waals surface area contributed by atoms with Crippen molar-refractivity contribution in [1.29, 1.82) is 5.41 Å². The predicted octanol–water partition coefficient (Wildman–Crippen LogP) is 2.97. The first-order valence-electron chi connectivity index (χ1n) is 7.45. The van der Waals surface area contributed by atoms with Crippen LogP contribution in [0.4, 0.5) is 0 Å². The normalized spacial score (nSPS) is 18.2. The number of fused-ring (bicyclic) bond motifs is 1. The fourth-order valence-corrected chi connectivity index (χ4v) is 3.29. The largest absolute Gasteiger partial charge is 0.369 e. The molecule has 1 aliphatic rings. The first-order chi connectivity index (χ1) is 10.6. The molecular formula is C17H22ClN5. The number of hydrogen-bond acceptors (Lipinski definition) is 2. The zero-order valence-corrected chi connectivity index (χ0v) is 14.1. The maximum absolute atomic E-state index is 7.31. The van der Waals surface area contributed by atoms with Gasteiger partial charge in [-0.15, -0.1) is 12.4 Å². The maximum atomic E-state index is 7.31. The molecule has 0 spiro atoms. The number of hydrogen-bond donors (Lipinski definition) is 4. The Morgan fingerprint density at radius 3 is 2.70 bits per heavy atom. The molecule has 3 rings (SSSR count). The standard InChI is InChI=1S/C17H21N5.ClH/c1-10-5-3-4-6-13(10)12-7-14-16(11(2)9-20-14)15(8-12)21-22-17(18)19;/h3-6,9,12,20H,7-8H2,1-2H3,(H4,18,19,22);1H/b21-15+;. The van der Waals surface area contributed by atoms with Gasteiger partial charge in [-0.2, -0.15) is 5.10 Å². The molecule has 0 saturated heterocycles. The van der Waals surface area contributed by atoms with Crippen LogP contribution < -0.4 is 11.2 Å². The van der Waals surface area contributed by atoms with Gasteiger partial charge in [0.15, 0.2) is 0 Å². The van der Waals surface area contributed by atoms with E-state index in [9.17, 15) is 0 Å². The molecule has 2 aromatic rings. The first-order valence-corrected chi connectivity index (χ1v) is 7.45. The third-order valence-electron chi connectivity index (χ3n) is 4.28. The summed E-state index contributed by atoms with van der Waals surface area (Å²) in [6.07, 6.45) is 3.85. The number of nitrogens with one attached hydrogen (secondary N) is 3. The van der Waals surface area contributed by atoms with E-state index in [0.717, 1.165) is 18.6 Å². The lowest BCUT2D eigenvalue weighted by atomic mass is 9.80. The van der Waals surface area contributed by atoms with Crippen molar-refractivity contribution in [2.24, 2.45) is 10.8 Å². The van der Waals surface area contributed by atoms with Gasteiger partial charge in [-0.25, -0.2) is 5.43 Å². The van der Waals surface area contributed by atoms with Crippen LogP contribution in [0.5, 0.6) is 0 Å². The highest BCUT2D eigenvalue weighted by atomic mass is 35.5. The fourth-order valence-electron chi connectivity index (χ4n) is 3.29. The Bertz CT molecular complexity index is 747. The number of H-pyrrole nitrogens is 1. The Balaban J connectivity index is 0.00000192. The number of aromatic nitrogens is 1. The van der Waals surface area contributed by atoms with Crippen LogP contribution in [0.2, 0.25) is 0 Å². The fraction of sp³-hybridized carbons (Fsp3) is 0.294. The third-order valence-corrected chi connectivity index (χ3v) is 4.28. The van der Waals surface area contributed by atoms with E-state index in [0.29, 0.717) is 5.92 Å². The zero-order valence-electron chi connectivity index (χ0n) is 13.3. The summed E-state index contributed by atoms with van der Waals surface area (Å²) in [5, 5.41) is 11.7. The number of nitrogens with zero attached hydrogens (tertiary/aromatic N) is 1. The monoisotopic (exact) mass is 331 g/mol. The van der Waals surface area contributed by atoms with Crippen LogP contribution >= 0.6 is 12.4 Å². The number of aryl methyl sites for hydroxylation is 2. The molecule has 122 valence electrons. The van der Waals surface area contributed by atoms with E-state index < -0.39 is 0 Å². The SMILES string of the molecule is Cc1ccccc1C1C/C(=N\NC(=N)N)c2c(C)c[nH]c2C1.Cl.